The van der Waals surface area contributed by atoms with Crippen molar-refractivity contribution in [1.82, 2.24) is 10.6 Å². The molecule has 2 atom stereocenters. The second-order valence-electron chi connectivity index (χ2n) is 8.09. The first kappa shape index (κ1) is 19.5. The zero-order chi connectivity index (χ0) is 19.7. The Morgan fingerprint density at radius 1 is 1.37 bits per heavy atom. The summed E-state index contributed by atoms with van der Waals surface area (Å²) >= 11 is 0. The van der Waals surface area contributed by atoms with E-state index in [2.05, 4.69) is 10.6 Å². The van der Waals surface area contributed by atoms with Crippen LogP contribution in [0.25, 0.3) is 0 Å². The van der Waals surface area contributed by atoms with Crippen molar-refractivity contribution in [3.63, 3.8) is 0 Å². The number of alkyl carbamates (subject to hydrolysis) is 1. The minimum absolute atomic E-state index is 0.250. The van der Waals surface area contributed by atoms with Crippen molar-refractivity contribution >= 4 is 12.1 Å². The predicted octanol–water partition coefficient (Wildman–Crippen LogP) is 2.94. The zero-order valence-corrected chi connectivity index (χ0v) is 16.4. The summed E-state index contributed by atoms with van der Waals surface area (Å²) < 4.78 is 16.8. The Balaban J connectivity index is 1.88. The largest absolute Gasteiger partial charge is 0.485 e. The maximum atomic E-state index is 12.3. The van der Waals surface area contributed by atoms with Gasteiger partial charge in [-0.1, -0.05) is 6.07 Å². The lowest BCUT2D eigenvalue weighted by Crippen LogP contribution is -2.47. The van der Waals surface area contributed by atoms with Crippen LogP contribution in [0.2, 0.25) is 0 Å². The van der Waals surface area contributed by atoms with E-state index in [1.165, 1.54) is 0 Å². The number of rotatable bonds is 3. The number of esters is 1. The number of hydrogen-bond acceptors (Lipinski definition) is 6. The quantitative estimate of drug-likeness (QED) is 0.789. The van der Waals surface area contributed by atoms with Gasteiger partial charge in [0.25, 0.3) is 0 Å². The number of carbonyl (C=O) groups excluding carboxylic acids is 2. The average Bonchev–Trinajstić information content (AvgIpc) is 3.00. The van der Waals surface area contributed by atoms with Gasteiger partial charge in [0.15, 0.2) is 0 Å². The van der Waals surface area contributed by atoms with Gasteiger partial charge < -0.3 is 24.8 Å². The van der Waals surface area contributed by atoms with E-state index in [1.807, 2.05) is 26.8 Å². The molecule has 2 heterocycles. The minimum Gasteiger partial charge on any atom is -0.485 e. The molecule has 1 fully saturated rings. The fraction of sp³-hybridized carbons (Fsp3) is 0.600. The SMILES string of the molecule is CCOC(=O)c1ccc2c(c1)OC1(CCNC1)CC2NC(=O)OC(C)(C)C. The van der Waals surface area contributed by atoms with Crippen LogP contribution in [0.1, 0.15) is 62.5 Å². The van der Waals surface area contributed by atoms with Gasteiger partial charge in [-0.15, -0.1) is 0 Å². The van der Waals surface area contributed by atoms with Crippen molar-refractivity contribution in [1.29, 1.82) is 0 Å². The van der Waals surface area contributed by atoms with Crippen molar-refractivity contribution in [3.8, 4) is 5.75 Å². The number of ether oxygens (including phenoxy) is 3. The fourth-order valence-electron chi connectivity index (χ4n) is 3.57. The minimum atomic E-state index is -0.571. The molecule has 0 saturated carbocycles. The molecule has 1 spiro atoms. The number of fused-ring (bicyclic) bond motifs is 1. The Hall–Kier alpha value is -2.28. The lowest BCUT2D eigenvalue weighted by Gasteiger charge is -2.40. The highest BCUT2D eigenvalue weighted by Gasteiger charge is 2.44. The van der Waals surface area contributed by atoms with Gasteiger partial charge in [0.1, 0.15) is 17.0 Å². The highest BCUT2D eigenvalue weighted by atomic mass is 16.6. The molecule has 7 heteroatoms. The third kappa shape index (κ3) is 4.53. The molecular formula is C20H28N2O5. The van der Waals surface area contributed by atoms with Crippen LogP contribution in [0.4, 0.5) is 4.79 Å². The van der Waals surface area contributed by atoms with Gasteiger partial charge in [0.05, 0.1) is 18.2 Å². The molecule has 2 N–H and O–H groups in total. The molecule has 1 amide bonds. The van der Waals surface area contributed by atoms with Gasteiger partial charge >= 0.3 is 12.1 Å². The summed E-state index contributed by atoms with van der Waals surface area (Å²) in [4.78, 5) is 24.4. The molecule has 1 aromatic carbocycles. The summed E-state index contributed by atoms with van der Waals surface area (Å²) in [6.45, 7) is 9.13. The van der Waals surface area contributed by atoms with Crippen molar-refractivity contribution < 1.29 is 23.8 Å². The summed E-state index contributed by atoms with van der Waals surface area (Å²) in [6.07, 6.45) is 1.02. The normalized spacial score (nSPS) is 24.1. The van der Waals surface area contributed by atoms with Crippen LogP contribution < -0.4 is 15.4 Å². The molecular weight excluding hydrogens is 348 g/mol. The number of carbonyl (C=O) groups is 2. The molecule has 1 saturated heterocycles. The van der Waals surface area contributed by atoms with Crippen LogP contribution in [-0.4, -0.2) is 43.0 Å². The molecule has 0 bridgehead atoms. The van der Waals surface area contributed by atoms with Gasteiger partial charge in [-0.05, 0) is 46.4 Å². The zero-order valence-electron chi connectivity index (χ0n) is 16.4. The van der Waals surface area contributed by atoms with Gasteiger partial charge in [-0.25, -0.2) is 9.59 Å². The van der Waals surface area contributed by atoms with Gasteiger partial charge in [-0.2, -0.15) is 0 Å². The van der Waals surface area contributed by atoms with E-state index in [9.17, 15) is 9.59 Å². The van der Waals surface area contributed by atoms with E-state index in [1.54, 1.807) is 19.1 Å². The number of nitrogens with one attached hydrogen (secondary N) is 2. The lowest BCUT2D eigenvalue weighted by atomic mass is 9.86. The smallest absolute Gasteiger partial charge is 0.408 e. The van der Waals surface area contributed by atoms with Crippen LogP contribution in [0, 0.1) is 0 Å². The summed E-state index contributed by atoms with van der Waals surface area (Å²) in [6, 6.07) is 4.98. The molecule has 148 valence electrons. The molecule has 27 heavy (non-hydrogen) atoms. The highest BCUT2D eigenvalue weighted by molar-refractivity contribution is 5.90. The molecule has 7 nitrogen and oxygen atoms in total. The molecule has 3 rings (SSSR count). The van der Waals surface area contributed by atoms with E-state index in [-0.39, 0.29) is 12.0 Å². The standard InChI is InChI=1S/C20H28N2O5/c1-5-25-17(23)13-6-7-14-15(22-18(24)27-19(2,3)4)11-20(8-9-21-12-20)26-16(14)10-13/h6-7,10,15,21H,5,8-9,11-12H2,1-4H3,(H,22,24). The van der Waals surface area contributed by atoms with Gasteiger partial charge in [0.2, 0.25) is 0 Å². The van der Waals surface area contributed by atoms with E-state index in [0.29, 0.717) is 30.9 Å². The summed E-state index contributed by atoms with van der Waals surface area (Å²) in [5, 5.41) is 6.29. The molecule has 2 aliphatic heterocycles. The maximum Gasteiger partial charge on any atom is 0.408 e. The van der Waals surface area contributed by atoms with Crippen molar-refractivity contribution in [2.45, 2.75) is 57.8 Å². The average molecular weight is 376 g/mol. The van der Waals surface area contributed by atoms with E-state index in [0.717, 1.165) is 18.5 Å². The van der Waals surface area contributed by atoms with Gasteiger partial charge in [-0.3, -0.25) is 0 Å². The van der Waals surface area contributed by atoms with Crippen LogP contribution in [0.3, 0.4) is 0 Å². The first-order valence-corrected chi connectivity index (χ1v) is 9.42. The number of amides is 1. The Bertz CT molecular complexity index is 720. The Morgan fingerprint density at radius 2 is 2.15 bits per heavy atom. The third-order valence-corrected chi connectivity index (χ3v) is 4.70. The fourth-order valence-corrected chi connectivity index (χ4v) is 3.57. The first-order chi connectivity index (χ1) is 12.7. The Labute approximate surface area is 159 Å². The second kappa shape index (κ2) is 7.38. The molecule has 0 aliphatic carbocycles. The van der Waals surface area contributed by atoms with E-state index < -0.39 is 17.3 Å². The predicted molar refractivity (Wildman–Crippen MR) is 100.0 cm³/mol. The van der Waals surface area contributed by atoms with Crippen LogP contribution in [-0.2, 0) is 9.47 Å². The van der Waals surface area contributed by atoms with Crippen LogP contribution in [0.15, 0.2) is 18.2 Å². The molecule has 1 aromatic rings. The Morgan fingerprint density at radius 3 is 2.78 bits per heavy atom. The highest BCUT2D eigenvalue weighted by Crippen LogP contribution is 2.42. The molecule has 0 aromatic heterocycles. The lowest BCUT2D eigenvalue weighted by molar-refractivity contribution is 0.0316. The summed E-state index contributed by atoms with van der Waals surface area (Å²) in [7, 11) is 0. The number of hydrogen-bond donors (Lipinski definition) is 2. The summed E-state index contributed by atoms with van der Waals surface area (Å²) in [5.41, 5.74) is 0.305. The molecule has 2 aliphatic rings. The summed E-state index contributed by atoms with van der Waals surface area (Å²) in [5.74, 6) is 0.223. The number of benzene rings is 1. The second-order valence-corrected chi connectivity index (χ2v) is 8.09. The Kier molecular flexibility index (Phi) is 5.33. The van der Waals surface area contributed by atoms with E-state index in [4.69, 9.17) is 14.2 Å². The van der Waals surface area contributed by atoms with Crippen LogP contribution >= 0.6 is 0 Å². The maximum absolute atomic E-state index is 12.3. The first-order valence-electron chi connectivity index (χ1n) is 9.42. The molecule has 2 unspecified atom stereocenters. The van der Waals surface area contributed by atoms with Crippen molar-refractivity contribution in [3.05, 3.63) is 29.3 Å². The van der Waals surface area contributed by atoms with Crippen molar-refractivity contribution in [2.75, 3.05) is 19.7 Å². The topological polar surface area (TPSA) is 85.9 Å². The van der Waals surface area contributed by atoms with Gasteiger partial charge in [0, 0.05) is 24.9 Å². The van der Waals surface area contributed by atoms with E-state index >= 15 is 0 Å². The monoisotopic (exact) mass is 376 g/mol. The third-order valence-electron chi connectivity index (χ3n) is 4.70. The van der Waals surface area contributed by atoms with Crippen LogP contribution in [0.5, 0.6) is 5.75 Å². The molecule has 0 radical (unpaired) electrons. The van der Waals surface area contributed by atoms with Crippen molar-refractivity contribution in [2.24, 2.45) is 0 Å².